The third-order valence-electron chi connectivity index (χ3n) is 5.26. The molecule has 132 valence electrons. The van der Waals surface area contributed by atoms with Crippen LogP contribution in [0, 0.1) is 12.8 Å². The van der Waals surface area contributed by atoms with Gasteiger partial charge in [0.05, 0.1) is 12.3 Å². The standard InChI is InChI=1S/C19H25N5O/c1-14-6-7-18(23-22-14)25-12-15-8-10-24(11-9-15)19-16-4-2-3-5-17(16)20-13-21-19/h6-7,13,15H,2-5,8-12H2,1H3. The average molecular weight is 339 g/mol. The smallest absolute Gasteiger partial charge is 0.233 e. The van der Waals surface area contributed by atoms with Gasteiger partial charge in [-0.15, -0.1) is 5.10 Å². The molecule has 0 amide bonds. The summed E-state index contributed by atoms with van der Waals surface area (Å²) in [6.07, 6.45) is 8.73. The minimum absolute atomic E-state index is 0.567. The minimum atomic E-state index is 0.567. The van der Waals surface area contributed by atoms with Crippen molar-refractivity contribution in [1.29, 1.82) is 0 Å². The first kappa shape index (κ1) is 16.2. The van der Waals surface area contributed by atoms with Crippen LogP contribution < -0.4 is 9.64 Å². The molecule has 6 heteroatoms. The van der Waals surface area contributed by atoms with Crippen LogP contribution in [0.25, 0.3) is 0 Å². The molecule has 0 saturated carbocycles. The number of nitrogens with zero attached hydrogens (tertiary/aromatic N) is 5. The van der Waals surface area contributed by atoms with Crippen LogP contribution in [0.3, 0.4) is 0 Å². The molecule has 2 aromatic rings. The molecule has 0 spiro atoms. The summed E-state index contributed by atoms with van der Waals surface area (Å²) in [6, 6.07) is 3.83. The van der Waals surface area contributed by atoms with Crippen LogP contribution in [0.1, 0.15) is 42.6 Å². The topological polar surface area (TPSA) is 64.0 Å². The van der Waals surface area contributed by atoms with Crippen molar-refractivity contribution in [3.8, 4) is 5.88 Å². The molecule has 25 heavy (non-hydrogen) atoms. The lowest BCUT2D eigenvalue weighted by atomic mass is 9.94. The highest BCUT2D eigenvalue weighted by Crippen LogP contribution is 2.30. The van der Waals surface area contributed by atoms with Gasteiger partial charge < -0.3 is 9.64 Å². The summed E-state index contributed by atoms with van der Waals surface area (Å²) in [7, 11) is 0. The van der Waals surface area contributed by atoms with E-state index in [1.807, 2.05) is 19.1 Å². The normalized spacial score (nSPS) is 18.0. The van der Waals surface area contributed by atoms with E-state index in [-0.39, 0.29) is 0 Å². The van der Waals surface area contributed by atoms with Crippen LogP contribution in [0.15, 0.2) is 18.5 Å². The van der Waals surface area contributed by atoms with E-state index >= 15 is 0 Å². The molecule has 0 radical (unpaired) electrons. The molecule has 1 aliphatic heterocycles. The second-order valence-electron chi connectivity index (χ2n) is 7.08. The van der Waals surface area contributed by atoms with Gasteiger partial charge in [-0.1, -0.05) is 0 Å². The Morgan fingerprint density at radius 2 is 1.92 bits per heavy atom. The Morgan fingerprint density at radius 3 is 2.72 bits per heavy atom. The predicted octanol–water partition coefficient (Wildman–Crippen LogP) is 2.75. The zero-order valence-electron chi connectivity index (χ0n) is 14.8. The third kappa shape index (κ3) is 3.72. The number of rotatable bonds is 4. The molecule has 4 rings (SSSR count). The second-order valence-corrected chi connectivity index (χ2v) is 7.08. The Morgan fingerprint density at radius 1 is 1.08 bits per heavy atom. The van der Waals surface area contributed by atoms with Crippen LogP contribution in [-0.2, 0) is 12.8 Å². The molecule has 3 heterocycles. The number of aromatic nitrogens is 4. The van der Waals surface area contributed by atoms with Gasteiger partial charge in [-0.2, -0.15) is 5.10 Å². The summed E-state index contributed by atoms with van der Waals surface area (Å²) in [5, 5.41) is 8.11. The SMILES string of the molecule is Cc1ccc(OCC2CCN(c3ncnc4c3CCCC4)CC2)nn1. The summed E-state index contributed by atoms with van der Waals surface area (Å²) >= 11 is 0. The number of hydrogen-bond acceptors (Lipinski definition) is 6. The molecule has 2 aromatic heterocycles. The Kier molecular flexibility index (Phi) is 4.76. The van der Waals surface area contributed by atoms with Crippen molar-refractivity contribution in [2.24, 2.45) is 5.92 Å². The fourth-order valence-electron chi connectivity index (χ4n) is 3.75. The maximum absolute atomic E-state index is 5.81. The Hall–Kier alpha value is -2.24. The average Bonchev–Trinajstić information content (AvgIpc) is 2.68. The first-order valence-corrected chi connectivity index (χ1v) is 9.30. The van der Waals surface area contributed by atoms with E-state index in [1.165, 1.54) is 29.9 Å². The zero-order valence-corrected chi connectivity index (χ0v) is 14.8. The quantitative estimate of drug-likeness (QED) is 0.853. The fourth-order valence-corrected chi connectivity index (χ4v) is 3.75. The van der Waals surface area contributed by atoms with Gasteiger partial charge in [0.2, 0.25) is 5.88 Å². The lowest BCUT2D eigenvalue weighted by molar-refractivity contribution is 0.214. The number of hydrogen-bond donors (Lipinski definition) is 0. The first-order chi connectivity index (χ1) is 12.3. The van der Waals surface area contributed by atoms with Crippen LogP contribution in [-0.4, -0.2) is 39.9 Å². The second kappa shape index (κ2) is 7.33. The van der Waals surface area contributed by atoms with Crippen LogP contribution in [0.2, 0.25) is 0 Å². The van der Waals surface area contributed by atoms with Crippen LogP contribution in [0.5, 0.6) is 5.88 Å². The number of ether oxygens (including phenoxy) is 1. The summed E-state index contributed by atoms with van der Waals surface area (Å²) in [5.41, 5.74) is 3.56. The predicted molar refractivity (Wildman–Crippen MR) is 95.9 cm³/mol. The van der Waals surface area contributed by atoms with Crippen molar-refractivity contribution in [2.45, 2.75) is 45.4 Å². The monoisotopic (exact) mass is 339 g/mol. The summed E-state index contributed by atoms with van der Waals surface area (Å²) in [5.74, 6) is 2.36. The molecule has 0 aromatic carbocycles. The maximum atomic E-state index is 5.81. The van der Waals surface area contributed by atoms with E-state index < -0.39 is 0 Å². The highest BCUT2D eigenvalue weighted by molar-refractivity contribution is 5.49. The molecule has 1 fully saturated rings. The Labute approximate surface area is 148 Å². The molecule has 0 N–H and O–H groups in total. The van der Waals surface area contributed by atoms with Crippen LogP contribution >= 0.6 is 0 Å². The van der Waals surface area contributed by atoms with Crippen molar-refractivity contribution in [3.05, 3.63) is 35.4 Å². The van der Waals surface area contributed by atoms with Gasteiger partial charge in [0.15, 0.2) is 0 Å². The van der Waals surface area contributed by atoms with Gasteiger partial charge in [-0.05, 0) is 57.4 Å². The van der Waals surface area contributed by atoms with Gasteiger partial charge in [0, 0.05) is 30.4 Å². The molecule has 0 atom stereocenters. The van der Waals surface area contributed by atoms with Gasteiger partial charge in [0.1, 0.15) is 12.1 Å². The lowest BCUT2D eigenvalue weighted by Gasteiger charge is -2.34. The van der Waals surface area contributed by atoms with Gasteiger partial charge in [0.25, 0.3) is 0 Å². The summed E-state index contributed by atoms with van der Waals surface area (Å²) in [4.78, 5) is 11.5. The third-order valence-corrected chi connectivity index (χ3v) is 5.26. The number of aryl methyl sites for hydroxylation is 2. The molecule has 1 saturated heterocycles. The first-order valence-electron chi connectivity index (χ1n) is 9.30. The van der Waals surface area contributed by atoms with E-state index in [0.717, 1.165) is 44.5 Å². The molecule has 6 nitrogen and oxygen atoms in total. The Bertz CT molecular complexity index is 710. The molecular formula is C19H25N5O. The van der Waals surface area contributed by atoms with Crippen molar-refractivity contribution < 1.29 is 4.74 Å². The number of fused-ring (bicyclic) bond motifs is 1. The highest BCUT2D eigenvalue weighted by Gasteiger charge is 2.25. The minimum Gasteiger partial charge on any atom is -0.476 e. The van der Waals surface area contributed by atoms with Crippen molar-refractivity contribution >= 4 is 5.82 Å². The van der Waals surface area contributed by atoms with Gasteiger partial charge in [-0.25, -0.2) is 9.97 Å². The number of piperidine rings is 1. The molecule has 0 unspecified atom stereocenters. The van der Waals surface area contributed by atoms with Crippen molar-refractivity contribution in [3.63, 3.8) is 0 Å². The molecule has 2 aliphatic rings. The highest BCUT2D eigenvalue weighted by atomic mass is 16.5. The fraction of sp³-hybridized carbons (Fsp3) is 0.579. The van der Waals surface area contributed by atoms with Gasteiger partial charge >= 0.3 is 0 Å². The summed E-state index contributed by atoms with van der Waals surface area (Å²) in [6.45, 7) is 4.72. The largest absolute Gasteiger partial charge is 0.476 e. The van der Waals surface area contributed by atoms with Gasteiger partial charge in [-0.3, -0.25) is 0 Å². The molecule has 0 bridgehead atoms. The van der Waals surface area contributed by atoms with E-state index in [2.05, 4.69) is 25.1 Å². The molecule has 1 aliphatic carbocycles. The Balaban J connectivity index is 1.33. The maximum Gasteiger partial charge on any atom is 0.233 e. The summed E-state index contributed by atoms with van der Waals surface area (Å²) < 4.78 is 5.81. The van der Waals surface area contributed by atoms with E-state index in [4.69, 9.17) is 4.74 Å². The van der Waals surface area contributed by atoms with Crippen molar-refractivity contribution in [2.75, 3.05) is 24.6 Å². The molecular weight excluding hydrogens is 314 g/mol. The van der Waals surface area contributed by atoms with Crippen LogP contribution in [0.4, 0.5) is 5.82 Å². The lowest BCUT2D eigenvalue weighted by Crippen LogP contribution is -2.37. The number of anilines is 1. The van der Waals surface area contributed by atoms with E-state index in [0.29, 0.717) is 18.4 Å². The van der Waals surface area contributed by atoms with Crippen molar-refractivity contribution in [1.82, 2.24) is 20.2 Å². The van der Waals surface area contributed by atoms with E-state index in [1.54, 1.807) is 6.33 Å². The van der Waals surface area contributed by atoms with E-state index in [9.17, 15) is 0 Å². The zero-order chi connectivity index (χ0) is 17.1.